The molecule has 0 unspecified atom stereocenters. The minimum Gasteiger partial charge on any atom is -0.467 e. The van der Waals surface area contributed by atoms with E-state index in [2.05, 4.69) is 15.2 Å². The zero-order valence-electron chi connectivity index (χ0n) is 20.0. The van der Waals surface area contributed by atoms with Crippen molar-refractivity contribution in [3.05, 3.63) is 64.9 Å². The number of halogens is 5. The zero-order chi connectivity index (χ0) is 27.3. The summed E-state index contributed by atoms with van der Waals surface area (Å²) in [4.78, 5) is 31.2. The Morgan fingerprint density at radius 1 is 1.18 bits per heavy atom. The Bertz CT molecular complexity index is 1580. The number of amides is 1. The number of methoxy groups -OCH3 is 1. The molecule has 4 aromatic rings. The highest BCUT2D eigenvalue weighted by Crippen LogP contribution is 2.35. The summed E-state index contributed by atoms with van der Waals surface area (Å²) < 4.78 is 76.6. The summed E-state index contributed by atoms with van der Waals surface area (Å²) in [6, 6.07) is 1.99. The number of hydrogen-bond donors (Lipinski definition) is 0. The number of carbonyl (C=O) groups is 2. The fourth-order valence-electron chi connectivity index (χ4n) is 4.68. The molecule has 0 spiro atoms. The van der Waals surface area contributed by atoms with Crippen molar-refractivity contribution in [3.63, 3.8) is 0 Å². The van der Waals surface area contributed by atoms with Crippen LogP contribution in [0, 0.1) is 17.6 Å². The lowest BCUT2D eigenvalue weighted by Gasteiger charge is -2.34. The number of fused-ring (bicyclic) bond motifs is 2. The van der Waals surface area contributed by atoms with Gasteiger partial charge >= 0.3 is 12.5 Å². The van der Waals surface area contributed by atoms with Crippen LogP contribution in [-0.4, -0.2) is 61.0 Å². The summed E-state index contributed by atoms with van der Waals surface area (Å²) in [5, 5.41) is 7.11. The van der Waals surface area contributed by atoms with Crippen molar-refractivity contribution in [1.82, 2.24) is 29.4 Å². The topological polar surface area (TPSA) is 95.1 Å². The third-order valence-corrected chi connectivity index (χ3v) is 6.47. The van der Waals surface area contributed by atoms with E-state index in [1.165, 1.54) is 13.1 Å². The first kappa shape index (κ1) is 25.3. The average molecular weight is 534 g/mol. The smallest absolute Gasteiger partial charge is 0.333 e. The van der Waals surface area contributed by atoms with Crippen molar-refractivity contribution in [2.24, 2.45) is 7.05 Å². The van der Waals surface area contributed by atoms with E-state index in [4.69, 9.17) is 4.74 Å². The van der Waals surface area contributed by atoms with Crippen LogP contribution in [-0.2, 0) is 29.4 Å². The van der Waals surface area contributed by atoms with Crippen molar-refractivity contribution in [3.8, 4) is 11.3 Å². The second kappa shape index (κ2) is 9.50. The van der Waals surface area contributed by atoms with E-state index in [1.54, 1.807) is 0 Å². The SMILES string of the molecule is COC(=O)[C@@H](Cc1cnn(C(F)F)c1)N1CCc2c(-c3nc4c(F)nn(C)c4cc3F)ccc(F)c2C1=O. The van der Waals surface area contributed by atoms with Gasteiger partial charge in [-0.05, 0) is 29.7 Å². The van der Waals surface area contributed by atoms with Gasteiger partial charge in [0.15, 0.2) is 5.82 Å². The molecule has 0 bridgehead atoms. The third-order valence-electron chi connectivity index (χ3n) is 6.47. The molecule has 1 amide bonds. The molecule has 1 aliphatic rings. The van der Waals surface area contributed by atoms with Crippen LogP contribution >= 0.6 is 0 Å². The predicted molar refractivity (Wildman–Crippen MR) is 122 cm³/mol. The van der Waals surface area contributed by atoms with E-state index < -0.39 is 47.6 Å². The molecule has 5 rings (SSSR count). The van der Waals surface area contributed by atoms with Crippen molar-refractivity contribution in [2.75, 3.05) is 13.7 Å². The summed E-state index contributed by atoms with van der Waals surface area (Å²) in [7, 11) is 2.52. The molecule has 3 aromatic heterocycles. The number of aromatic nitrogens is 5. The molecule has 14 heteroatoms. The molecular weight excluding hydrogens is 515 g/mol. The van der Waals surface area contributed by atoms with Gasteiger partial charge in [0.1, 0.15) is 23.1 Å². The van der Waals surface area contributed by atoms with Crippen molar-refractivity contribution < 1.29 is 36.3 Å². The Morgan fingerprint density at radius 3 is 2.63 bits per heavy atom. The summed E-state index contributed by atoms with van der Waals surface area (Å²) >= 11 is 0. The first-order valence-electron chi connectivity index (χ1n) is 11.3. The van der Waals surface area contributed by atoms with E-state index in [0.29, 0.717) is 4.68 Å². The first-order valence-corrected chi connectivity index (χ1v) is 11.3. The van der Waals surface area contributed by atoms with Crippen LogP contribution in [0.1, 0.15) is 28.0 Å². The van der Waals surface area contributed by atoms with Crippen LogP contribution in [0.4, 0.5) is 22.0 Å². The second-order valence-corrected chi connectivity index (χ2v) is 8.65. The van der Waals surface area contributed by atoms with Crippen molar-refractivity contribution >= 4 is 22.9 Å². The lowest BCUT2D eigenvalue weighted by Crippen LogP contribution is -2.50. The molecule has 0 aliphatic carbocycles. The normalized spacial score (nSPS) is 14.3. The third kappa shape index (κ3) is 4.15. The number of benzene rings is 1. The molecule has 0 saturated carbocycles. The summed E-state index contributed by atoms with van der Waals surface area (Å²) in [5.41, 5.74) is -0.324. The summed E-state index contributed by atoms with van der Waals surface area (Å²) in [5.74, 6) is -4.38. The molecule has 0 saturated heterocycles. The van der Waals surface area contributed by atoms with Crippen LogP contribution in [0.5, 0.6) is 0 Å². The van der Waals surface area contributed by atoms with Gasteiger partial charge in [-0.3, -0.25) is 9.48 Å². The van der Waals surface area contributed by atoms with E-state index in [9.17, 15) is 22.8 Å². The second-order valence-electron chi connectivity index (χ2n) is 8.65. The molecule has 0 fully saturated rings. The maximum atomic E-state index is 15.1. The highest BCUT2D eigenvalue weighted by Gasteiger charge is 2.38. The Hall–Kier alpha value is -4.36. The molecule has 198 valence electrons. The van der Waals surface area contributed by atoms with Gasteiger partial charge in [-0.2, -0.15) is 18.3 Å². The van der Waals surface area contributed by atoms with Gasteiger partial charge in [0.05, 0.1) is 24.4 Å². The molecule has 9 nitrogen and oxygen atoms in total. The number of nitrogens with zero attached hydrogens (tertiary/aromatic N) is 6. The molecule has 0 radical (unpaired) electrons. The zero-order valence-corrected chi connectivity index (χ0v) is 20.0. The van der Waals surface area contributed by atoms with Gasteiger partial charge < -0.3 is 9.64 Å². The maximum absolute atomic E-state index is 15.1. The van der Waals surface area contributed by atoms with Gasteiger partial charge in [-0.15, -0.1) is 5.10 Å². The fourth-order valence-corrected chi connectivity index (χ4v) is 4.68. The number of carbonyl (C=O) groups excluding carboxylic acids is 2. The van der Waals surface area contributed by atoms with Crippen molar-refractivity contribution in [1.29, 1.82) is 0 Å². The summed E-state index contributed by atoms with van der Waals surface area (Å²) in [6.07, 6.45) is 1.94. The van der Waals surface area contributed by atoms with E-state index in [-0.39, 0.29) is 52.8 Å². The van der Waals surface area contributed by atoms with E-state index in [1.807, 2.05) is 0 Å². The van der Waals surface area contributed by atoms with E-state index in [0.717, 1.165) is 41.2 Å². The number of alkyl halides is 2. The summed E-state index contributed by atoms with van der Waals surface area (Å²) in [6.45, 7) is -3.00. The molecular formula is C24H19F5N6O3. The highest BCUT2D eigenvalue weighted by atomic mass is 19.3. The molecule has 1 atom stereocenters. The van der Waals surface area contributed by atoms with Crippen LogP contribution < -0.4 is 0 Å². The quantitative estimate of drug-likeness (QED) is 0.278. The molecule has 38 heavy (non-hydrogen) atoms. The van der Waals surface area contributed by atoms with Crippen molar-refractivity contribution in [2.45, 2.75) is 25.4 Å². The molecule has 4 heterocycles. The van der Waals surface area contributed by atoms with Gasteiger partial charge in [0, 0.05) is 37.8 Å². The Kier molecular flexibility index (Phi) is 6.33. The van der Waals surface area contributed by atoms with Gasteiger partial charge in [0.2, 0.25) is 0 Å². The largest absolute Gasteiger partial charge is 0.467 e. The number of ether oxygens (including phenoxy) is 1. The van der Waals surface area contributed by atoms with Crippen LogP contribution in [0.15, 0.2) is 30.6 Å². The number of hydrogen-bond acceptors (Lipinski definition) is 6. The monoisotopic (exact) mass is 534 g/mol. The average Bonchev–Trinajstić information content (AvgIpc) is 3.46. The number of rotatable bonds is 6. The van der Waals surface area contributed by atoms with Gasteiger partial charge in [-0.1, -0.05) is 0 Å². The van der Waals surface area contributed by atoms with Crippen LogP contribution in [0.3, 0.4) is 0 Å². The number of esters is 1. The lowest BCUT2D eigenvalue weighted by atomic mass is 9.90. The maximum Gasteiger partial charge on any atom is 0.333 e. The molecule has 1 aromatic carbocycles. The Balaban J connectivity index is 1.55. The molecule has 1 aliphatic heterocycles. The van der Waals surface area contributed by atoms with Crippen LogP contribution in [0.25, 0.3) is 22.3 Å². The number of aryl methyl sites for hydroxylation is 1. The predicted octanol–water partition coefficient (Wildman–Crippen LogP) is 3.43. The standard InChI is InChI=1S/C24H19F5N6O3/c1-33-16-8-15(26)19(31-20(16)21(27)32-33)13-3-4-14(25)18-12(13)5-6-34(22(18)36)17(23(37)38-2)7-11-9-30-35(10-11)24(28)29/h3-4,8-10,17,24H,5-7H2,1-2H3/t17-/m1/s1. The lowest BCUT2D eigenvalue weighted by molar-refractivity contribution is -0.146. The molecule has 0 N–H and O–H groups in total. The highest BCUT2D eigenvalue weighted by molar-refractivity contribution is 6.01. The Labute approximate surface area is 211 Å². The first-order chi connectivity index (χ1) is 18.1. The van der Waals surface area contributed by atoms with E-state index >= 15 is 8.78 Å². The van der Waals surface area contributed by atoms with Gasteiger partial charge in [0.25, 0.3) is 11.9 Å². The Morgan fingerprint density at radius 2 is 1.95 bits per heavy atom. The van der Waals surface area contributed by atoms with Gasteiger partial charge in [-0.25, -0.2) is 23.2 Å². The minimum absolute atomic E-state index is 0.00731. The van der Waals surface area contributed by atoms with Crippen LogP contribution in [0.2, 0.25) is 0 Å². The fraction of sp³-hybridized carbons (Fsp3) is 0.292. The number of pyridine rings is 1. The minimum atomic E-state index is -2.90.